The van der Waals surface area contributed by atoms with Gasteiger partial charge in [0.05, 0.1) is 6.04 Å². The van der Waals surface area contributed by atoms with Gasteiger partial charge in [-0.3, -0.25) is 4.79 Å². The molecular formula is C22H27Cl2N3O4. The Balaban J connectivity index is 1.67. The summed E-state index contributed by atoms with van der Waals surface area (Å²) in [4.78, 5) is 22.4. The number of carbonyl (C=O) groups is 1. The summed E-state index contributed by atoms with van der Waals surface area (Å²) >= 11 is 11.7. The molecule has 0 bridgehead atoms. The fraction of sp³-hybridized carbons (Fsp3) is 0.318. The molecule has 1 fully saturated rings. The van der Waals surface area contributed by atoms with Crippen LogP contribution in [0.1, 0.15) is 12.8 Å². The largest absolute Gasteiger partial charge is 0.484 e. The van der Waals surface area contributed by atoms with E-state index in [1.807, 2.05) is 12.2 Å². The third-order valence-electron chi connectivity index (χ3n) is 4.28. The predicted molar refractivity (Wildman–Crippen MR) is 122 cm³/mol. The molecule has 9 heteroatoms. The predicted octanol–water partition coefficient (Wildman–Crippen LogP) is 4.09. The van der Waals surface area contributed by atoms with Crippen LogP contribution in [0.4, 0.5) is 0 Å². The molecule has 2 atom stereocenters. The maximum absolute atomic E-state index is 11.9. The Hall–Kier alpha value is -2.29. The van der Waals surface area contributed by atoms with E-state index in [1.165, 1.54) is 0 Å². The highest BCUT2D eigenvalue weighted by Crippen LogP contribution is 2.18. The van der Waals surface area contributed by atoms with E-state index in [9.17, 15) is 4.79 Å². The van der Waals surface area contributed by atoms with Crippen LogP contribution in [-0.2, 0) is 14.7 Å². The fourth-order valence-corrected chi connectivity index (χ4v) is 2.79. The lowest BCUT2D eigenvalue weighted by Crippen LogP contribution is -2.46. The van der Waals surface area contributed by atoms with E-state index in [4.69, 9.17) is 37.8 Å². The molecule has 31 heavy (non-hydrogen) atoms. The summed E-state index contributed by atoms with van der Waals surface area (Å²) < 4.78 is 5.40. The first-order valence-corrected chi connectivity index (χ1v) is 10.4. The van der Waals surface area contributed by atoms with Crippen LogP contribution in [0.25, 0.3) is 0 Å². The normalized spacial score (nSPS) is 19.8. The van der Waals surface area contributed by atoms with Gasteiger partial charge in [-0.15, -0.1) is 4.99 Å². The maximum Gasteiger partial charge on any atom is 0.257 e. The van der Waals surface area contributed by atoms with Crippen molar-refractivity contribution in [3.8, 4) is 5.75 Å². The monoisotopic (exact) mass is 467 g/mol. The van der Waals surface area contributed by atoms with Gasteiger partial charge in [0.1, 0.15) is 5.75 Å². The molecule has 1 saturated heterocycles. The average molecular weight is 468 g/mol. The Morgan fingerprint density at radius 2 is 2.13 bits per heavy atom. The van der Waals surface area contributed by atoms with Crippen molar-refractivity contribution < 1.29 is 19.4 Å². The van der Waals surface area contributed by atoms with Crippen LogP contribution in [0.5, 0.6) is 5.75 Å². The molecule has 1 aliphatic rings. The van der Waals surface area contributed by atoms with Crippen molar-refractivity contribution in [3.05, 3.63) is 77.5 Å². The number of amides is 1. The summed E-state index contributed by atoms with van der Waals surface area (Å²) in [6, 6.07) is 6.80. The molecule has 0 saturated carbocycles. The minimum Gasteiger partial charge on any atom is -0.484 e. The second-order valence-corrected chi connectivity index (χ2v) is 7.61. The highest BCUT2D eigenvalue weighted by molar-refractivity contribution is 6.31. The number of rotatable bonds is 11. The van der Waals surface area contributed by atoms with Gasteiger partial charge in [0, 0.05) is 42.2 Å². The topological polar surface area (TPSA) is 72.1 Å². The minimum absolute atomic E-state index is 0.0192. The van der Waals surface area contributed by atoms with Crippen molar-refractivity contribution in [1.82, 2.24) is 15.7 Å². The molecule has 2 unspecified atom stereocenters. The van der Waals surface area contributed by atoms with Crippen molar-refractivity contribution in [2.24, 2.45) is 0 Å². The van der Waals surface area contributed by atoms with Crippen LogP contribution in [0.15, 0.2) is 72.5 Å². The smallest absolute Gasteiger partial charge is 0.257 e. The van der Waals surface area contributed by atoms with E-state index in [2.05, 4.69) is 23.8 Å². The van der Waals surface area contributed by atoms with Gasteiger partial charge in [0.25, 0.3) is 5.91 Å². The zero-order chi connectivity index (χ0) is 22.6. The molecule has 2 rings (SSSR count). The Morgan fingerprint density at radius 1 is 1.39 bits per heavy atom. The lowest BCUT2D eigenvalue weighted by Gasteiger charge is -2.34. The number of hydrogen-bond acceptors (Lipinski definition) is 6. The summed E-state index contributed by atoms with van der Waals surface area (Å²) in [5, 5.41) is 8.71. The fourth-order valence-electron chi connectivity index (χ4n) is 2.59. The maximum atomic E-state index is 11.9. The third kappa shape index (κ3) is 9.59. The number of likely N-dealkylation sites (N-methyl/N-ethyl adjacent to an activating group) is 1. The van der Waals surface area contributed by atoms with Crippen molar-refractivity contribution >= 4 is 29.1 Å². The number of benzene rings is 1. The summed E-state index contributed by atoms with van der Waals surface area (Å²) in [5.74, 6) is 0.356. The first kappa shape index (κ1) is 25.0. The molecule has 168 valence electrons. The van der Waals surface area contributed by atoms with E-state index in [1.54, 1.807) is 48.5 Å². The molecule has 7 nitrogen and oxygen atoms in total. The van der Waals surface area contributed by atoms with Crippen LogP contribution in [0.3, 0.4) is 0 Å². The quantitative estimate of drug-likeness (QED) is 0.377. The number of hydroxylamine groups is 2. The number of ether oxygens (including phenoxy) is 1. The Labute approximate surface area is 192 Å². The zero-order valence-electron chi connectivity index (χ0n) is 17.4. The molecule has 1 amide bonds. The summed E-state index contributed by atoms with van der Waals surface area (Å²) in [5.41, 5.74) is 0.717. The van der Waals surface area contributed by atoms with E-state index in [-0.39, 0.29) is 24.8 Å². The van der Waals surface area contributed by atoms with E-state index in [0.717, 1.165) is 5.70 Å². The number of hydrogen-bond donors (Lipinski definition) is 2. The van der Waals surface area contributed by atoms with Crippen molar-refractivity contribution in [1.29, 1.82) is 0 Å². The molecule has 2 N–H and O–H groups in total. The Kier molecular flexibility index (Phi) is 10.6. The Bertz CT molecular complexity index is 811. The lowest BCUT2D eigenvalue weighted by atomic mass is 10.1. The van der Waals surface area contributed by atoms with Gasteiger partial charge >= 0.3 is 0 Å². The molecule has 1 aromatic rings. The number of allylic oxidation sites excluding steroid dienone is 4. The van der Waals surface area contributed by atoms with E-state index >= 15 is 0 Å². The van der Waals surface area contributed by atoms with Crippen molar-refractivity contribution in [2.45, 2.75) is 25.1 Å². The zero-order valence-corrected chi connectivity index (χ0v) is 18.9. The third-order valence-corrected chi connectivity index (χ3v) is 4.81. The van der Waals surface area contributed by atoms with Crippen LogP contribution in [-0.4, -0.2) is 43.4 Å². The molecule has 0 radical (unpaired) electrons. The molecular weight excluding hydrogens is 441 g/mol. The van der Waals surface area contributed by atoms with Crippen LogP contribution in [0.2, 0.25) is 5.02 Å². The van der Waals surface area contributed by atoms with Crippen molar-refractivity contribution in [2.75, 3.05) is 20.2 Å². The highest BCUT2D eigenvalue weighted by atomic mass is 35.5. The van der Waals surface area contributed by atoms with Crippen LogP contribution < -0.4 is 15.4 Å². The molecule has 0 aliphatic carbocycles. The second kappa shape index (κ2) is 13.2. The second-order valence-electron chi connectivity index (χ2n) is 6.74. The average Bonchev–Trinajstić information content (AvgIpc) is 2.75. The van der Waals surface area contributed by atoms with Gasteiger partial charge in [-0.2, -0.15) is 9.95 Å². The number of nitrogens with zero attached hydrogens (tertiary/aromatic N) is 1. The van der Waals surface area contributed by atoms with Gasteiger partial charge in [-0.1, -0.05) is 54.6 Å². The standard InChI is InChI=1S/C22H27Cl2N3O4/c1-4-17(23)6-5-7-19-14-22(30-31-27(19)3)26-16(2)12-13-25-21(28)15-29-20-10-8-18(24)9-11-20/h4-11,19,22,26H,1-2,12-15H2,3H3,(H,25,28)/b7-5-,17-6+. The molecule has 1 aliphatic heterocycles. The van der Waals surface area contributed by atoms with Crippen LogP contribution in [0, 0.1) is 0 Å². The van der Waals surface area contributed by atoms with Crippen LogP contribution >= 0.6 is 23.2 Å². The Morgan fingerprint density at radius 3 is 2.84 bits per heavy atom. The highest BCUT2D eigenvalue weighted by Gasteiger charge is 2.27. The SMILES string of the molecule is C=C/C(Cl)=C\C=C/C1CC(NC(=C)CCNC(=O)COc2ccc(Cl)cc2)OON1C. The first-order chi connectivity index (χ1) is 14.9. The van der Waals surface area contributed by atoms with Gasteiger partial charge in [-0.05, 0) is 30.3 Å². The van der Waals surface area contributed by atoms with Gasteiger partial charge in [-0.25, -0.2) is 0 Å². The summed E-state index contributed by atoms with van der Waals surface area (Å²) in [7, 11) is 1.78. The molecule has 0 spiro atoms. The van der Waals surface area contributed by atoms with E-state index < -0.39 is 0 Å². The van der Waals surface area contributed by atoms with Crippen molar-refractivity contribution in [3.63, 3.8) is 0 Å². The molecule has 1 heterocycles. The van der Waals surface area contributed by atoms with Gasteiger partial charge in [0.15, 0.2) is 12.8 Å². The van der Waals surface area contributed by atoms with Gasteiger partial charge < -0.3 is 15.4 Å². The van der Waals surface area contributed by atoms with Gasteiger partial charge in [0.2, 0.25) is 0 Å². The number of nitrogens with one attached hydrogen (secondary N) is 2. The number of halogens is 2. The van der Waals surface area contributed by atoms with E-state index in [0.29, 0.717) is 35.2 Å². The number of carbonyl (C=O) groups excluding carboxylic acids is 1. The lowest BCUT2D eigenvalue weighted by molar-refractivity contribution is -0.472. The summed E-state index contributed by atoms with van der Waals surface area (Å²) in [6.07, 6.45) is 7.89. The first-order valence-electron chi connectivity index (χ1n) is 9.69. The minimum atomic E-state index is -0.374. The molecule has 0 aromatic heterocycles. The summed E-state index contributed by atoms with van der Waals surface area (Å²) in [6.45, 7) is 7.91. The molecule has 1 aromatic carbocycles.